The van der Waals surface area contributed by atoms with Crippen molar-refractivity contribution in [2.24, 2.45) is 16.8 Å². The van der Waals surface area contributed by atoms with E-state index in [0.29, 0.717) is 31.6 Å². The van der Waals surface area contributed by atoms with E-state index in [0.717, 1.165) is 31.9 Å². The molecule has 0 saturated carbocycles. The van der Waals surface area contributed by atoms with Crippen LogP contribution in [0.4, 0.5) is 0 Å². The van der Waals surface area contributed by atoms with Crippen LogP contribution < -0.4 is 10.6 Å². The molecule has 0 aromatic heterocycles. The molecule has 0 spiro atoms. The van der Waals surface area contributed by atoms with Crippen LogP contribution >= 0.6 is 0 Å². The summed E-state index contributed by atoms with van der Waals surface area (Å²) in [6.45, 7) is 13.7. The first-order chi connectivity index (χ1) is 10.0. The quantitative estimate of drug-likeness (QED) is 0.403. The molecule has 0 aliphatic heterocycles. The van der Waals surface area contributed by atoms with Crippen molar-refractivity contribution < 1.29 is 9.84 Å². The van der Waals surface area contributed by atoms with Gasteiger partial charge in [-0.2, -0.15) is 0 Å². The number of aliphatic hydroxyl groups excluding tert-OH is 1. The number of hydrogen-bond donors (Lipinski definition) is 3. The topological polar surface area (TPSA) is 65.9 Å². The summed E-state index contributed by atoms with van der Waals surface area (Å²) in [6, 6.07) is 0. The highest BCUT2D eigenvalue weighted by Crippen LogP contribution is 2.07. The molecule has 0 radical (unpaired) electrons. The lowest BCUT2D eigenvalue weighted by Gasteiger charge is -2.17. The Labute approximate surface area is 130 Å². The number of nitrogens with zero attached hydrogens (tertiary/aromatic N) is 1. The van der Waals surface area contributed by atoms with Gasteiger partial charge in [-0.25, -0.2) is 0 Å². The molecule has 21 heavy (non-hydrogen) atoms. The molecular weight excluding hydrogens is 266 g/mol. The van der Waals surface area contributed by atoms with Crippen LogP contribution in [0.5, 0.6) is 0 Å². The number of hydrogen-bond acceptors (Lipinski definition) is 3. The smallest absolute Gasteiger partial charge is 0.191 e. The van der Waals surface area contributed by atoms with Gasteiger partial charge in [-0.1, -0.05) is 40.5 Å². The minimum absolute atomic E-state index is 0.358. The van der Waals surface area contributed by atoms with E-state index in [2.05, 4.69) is 43.3 Å². The third kappa shape index (κ3) is 11.5. The van der Waals surface area contributed by atoms with E-state index >= 15 is 0 Å². The molecule has 3 N–H and O–H groups in total. The number of rotatable bonds is 11. The fourth-order valence-electron chi connectivity index (χ4n) is 1.82. The van der Waals surface area contributed by atoms with E-state index in [1.807, 2.05) is 6.92 Å². The highest BCUT2D eigenvalue weighted by Gasteiger charge is 2.07. The Hall–Kier alpha value is -0.810. The van der Waals surface area contributed by atoms with Crippen LogP contribution in [0.1, 0.15) is 47.5 Å². The van der Waals surface area contributed by atoms with Gasteiger partial charge in [0.2, 0.25) is 0 Å². The fourth-order valence-corrected chi connectivity index (χ4v) is 1.82. The standard InChI is InChI=1S/C16H35N3O2/c1-6-14(7-2)9-18-16(17-8-3)19-10-15(20)12-21-11-13(4)5/h13-15,20H,6-12H2,1-5H3,(H2,17,18,19). The molecule has 0 fully saturated rings. The van der Waals surface area contributed by atoms with E-state index in [1.54, 1.807) is 0 Å². The van der Waals surface area contributed by atoms with Gasteiger partial charge in [-0.3, -0.25) is 4.99 Å². The number of guanidine groups is 1. The molecule has 0 aliphatic carbocycles. The number of ether oxygens (including phenoxy) is 1. The molecule has 5 heteroatoms. The maximum atomic E-state index is 9.88. The maximum Gasteiger partial charge on any atom is 0.191 e. The number of nitrogens with one attached hydrogen (secondary N) is 2. The lowest BCUT2D eigenvalue weighted by molar-refractivity contribution is 0.0280. The van der Waals surface area contributed by atoms with Crippen molar-refractivity contribution in [3.8, 4) is 0 Å². The monoisotopic (exact) mass is 301 g/mol. The molecule has 5 nitrogen and oxygen atoms in total. The molecule has 126 valence electrons. The van der Waals surface area contributed by atoms with Crippen molar-refractivity contribution in [2.75, 3.05) is 32.8 Å². The van der Waals surface area contributed by atoms with E-state index in [4.69, 9.17) is 4.74 Å². The Bertz CT molecular complexity index is 266. The van der Waals surface area contributed by atoms with Gasteiger partial charge in [0.05, 0.1) is 12.7 Å². The summed E-state index contributed by atoms with van der Waals surface area (Å²) in [5.41, 5.74) is 0. The van der Waals surface area contributed by atoms with Crippen molar-refractivity contribution >= 4 is 5.96 Å². The summed E-state index contributed by atoms with van der Waals surface area (Å²) in [5.74, 6) is 1.89. The molecule has 1 atom stereocenters. The second kappa shape index (κ2) is 12.9. The minimum atomic E-state index is -0.513. The van der Waals surface area contributed by atoms with Gasteiger partial charge in [0.1, 0.15) is 0 Å². The van der Waals surface area contributed by atoms with Crippen LogP contribution in [0.2, 0.25) is 0 Å². The molecule has 0 heterocycles. The largest absolute Gasteiger partial charge is 0.389 e. The Balaban J connectivity index is 4.09. The molecule has 0 saturated heterocycles. The van der Waals surface area contributed by atoms with Gasteiger partial charge in [-0.15, -0.1) is 0 Å². The molecule has 1 unspecified atom stereocenters. The van der Waals surface area contributed by atoms with E-state index in [1.165, 1.54) is 0 Å². The summed E-state index contributed by atoms with van der Waals surface area (Å²) < 4.78 is 5.43. The Morgan fingerprint density at radius 1 is 1.10 bits per heavy atom. The van der Waals surface area contributed by atoms with Crippen molar-refractivity contribution in [3.63, 3.8) is 0 Å². The third-order valence-electron chi connectivity index (χ3n) is 3.27. The highest BCUT2D eigenvalue weighted by atomic mass is 16.5. The van der Waals surface area contributed by atoms with Gasteiger partial charge >= 0.3 is 0 Å². The van der Waals surface area contributed by atoms with Gasteiger partial charge < -0.3 is 20.5 Å². The first-order valence-corrected chi connectivity index (χ1v) is 8.31. The van der Waals surface area contributed by atoms with Gasteiger partial charge in [-0.05, 0) is 18.8 Å². The first kappa shape index (κ1) is 20.2. The second-order valence-corrected chi connectivity index (χ2v) is 5.87. The highest BCUT2D eigenvalue weighted by molar-refractivity contribution is 5.79. The fraction of sp³-hybridized carbons (Fsp3) is 0.938. The summed E-state index contributed by atoms with van der Waals surface area (Å²) in [7, 11) is 0. The first-order valence-electron chi connectivity index (χ1n) is 8.31. The number of aliphatic hydroxyl groups is 1. The zero-order chi connectivity index (χ0) is 16.1. The third-order valence-corrected chi connectivity index (χ3v) is 3.27. The average molecular weight is 301 g/mol. The molecular formula is C16H35N3O2. The summed E-state index contributed by atoms with van der Waals surface area (Å²) in [5, 5.41) is 16.3. The molecule has 0 rings (SSSR count). The maximum absolute atomic E-state index is 9.88. The molecule has 0 amide bonds. The van der Waals surface area contributed by atoms with E-state index in [-0.39, 0.29) is 0 Å². The summed E-state index contributed by atoms with van der Waals surface area (Å²) in [6.07, 6.45) is 1.77. The van der Waals surface area contributed by atoms with Gasteiger partial charge in [0, 0.05) is 26.2 Å². The van der Waals surface area contributed by atoms with E-state index < -0.39 is 6.10 Å². The lowest BCUT2D eigenvalue weighted by Crippen LogP contribution is -2.42. The zero-order valence-electron chi connectivity index (χ0n) is 14.5. The molecule has 0 aliphatic rings. The Morgan fingerprint density at radius 2 is 1.76 bits per heavy atom. The zero-order valence-corrected chi connectivity index (χ0v) is 14.5. The Kier molecular flexibility index (Phi) is 12.4. The van der Waals surface area contributed by atoms with Crippen molar-refractivity contribution in [2.45, 2.75) is 53.6 Å². The van der Waals surface area contributed by atoms with Crippen LogP contribution in [0, 0.1) is 11.8 Å². The molecule has 0 aromatic rings. The van der Waals surface area contributed by atoms with Crippen LogP contribution in [-0.2, 0) is 4.74 Å². The predicted octanol–water partition coefficient (Wildman–Crippen LogP) is 2.01. The van der Waals surface area contributed by atoms with Crippen LogP contribution in [-0.4, -0.2) is 50.0 Å². The van der Waals surface area contributed by atoms with Gasteiger partial charge in [0.25, 0.3) is 0 Å². The SMILES string of the molecule is CCNC(=NCC(CC)CC)NCC(O)COCC(C)C. The average Bonchev–Trinajstić information content (AvgIpc) is 2.45. The van der Waals surface area contributed by atoms with Crippen LogP contribution in [0.15, 0.2) is 4.99 Å². The van der Waals surface area contributed by atoms with Gasteiger partial charge in [0.15, 0.2) is 5.96 Å². The molecule has 0 aromatic carbocycles. The van der Waals surface area contributed by atoms with Crippen molar-refractivity contribution in [1.82, 2.24) is 10.6 Å². The van der Waals surface area contributed by atoms with Crippen LogP contribution in [0.25, 0.3) is 0 Å². The summed E-state index contributed by atoms with van der Waals surface area (Å²) >= 11 is 0. The summed E-state index contributed by atoms with van der Waals surface area (Å²) in [4.78, 5) is 4.58. The number of aliphatic imine (C=N–C) groups is 1. The minimum Gasteiger partial charge on any atom is -0.389 e. The van der Waals surface area contributed by atoms with Crippen molar-refractivity contribution in [1.29, 1.82) is 0 Å². The second-order valence-electron chi connectivity index (χ2n) is 5.87. The predicted molar refractivity (Wildman–Crippen MR) is 89.7 cm³/mol. The van der Waals surface area contributed by atoms with Crippen molar-refractivity contribution in [3.05, 3.63) is 0 Å². The molecule has 0 bridgehead atoms. The Morgan fingerprint density at radius 3 is 2.29 bits per heavy atom. The van der Waals surface area contributed by atoms with E-state index in [9.17, 15) is 5.11 Å². The normalized spacial score (nSPS) is 13.8. The van der Waals surface area contributed by atoms with Crippen LogP contribution in [0.3, 0.4) is 0 Å². The lowest BCUT2D eigenvalue weighted by atomic mass is 10.0.